The molecule has 0 aliphatic heterocycles. The normalized spacial score (nSPS) is 15.1. The molecule has 0 saturated carbocycles. The van der Waals surface area contributed by atoms with Gasteiger partial charge >= 0.3 is 0 Å². The Morgan fingerprint density at radius 2 is 1.88 bits per heavy atom. The van der Waals surface area contributed by atoms with Gasteiger partial charge in [0.15, 0.2) is 0 Å². The Labute approximate surface area is 98.5 Å². The molecule has 0 aliphatic rings. The second-order valence-electron chi connectivity index (χ2n) is 4.92. The number of benzene rings is 1. The number of aliphatic hydroxyl groups excluding tert-OH is 1. The van der Waals surface area contributed by atoms with Gasteiger partial charge in [-0.25, -0.2) is 0 Å². The van der Waals surface area contributed by atoms with E-state index >= 15 is 0 Å². The molecule has 3 N–H and O–H groups in total. The summed E-state index contributed by atoms with van der Waals surface area (Å²) in [6, 6.07) is 10.3. The largest absolute Gasteiger partial charge is 0.396 e. The third-order valence-electron chi connectivity index (χ3n) is 3.17. The van der Waals surface area contributed by atoms with Gasteiger partial charge in [-0.3, -0.25) is 0 Å². The van der Waals surface area contributed by atoms with Crippen molar-refractivity contribution in [3.63, 3.8) is 0 Å². The molecule has 1 aromatic rings. The van der Waals surface area contributed by atoms with Crippen LogP contribution in [-0.4, -0.2) is 18.3 Å². The van der Waals surface area contributed by atoms with Gasteiger partial charge < -0.3 is 10.8 Å². The Bertz CT molecular complexity index is 297. The van der Waals surface area contributed by atoms with Crippen LogP contribution in [0.1, 0.15) is 32.3 Å². The van der Waals surface area contributed by atoms with Crippen molar-refractivity contribution < 1.29 is 5.11 Å². The number of hydrogen-bond donors (Lipinski definition) is 2. The van der Waals surface area contributed by atoms with Crippen molar-refractivity contribution in [3.8, 4) is 0 Å². The molecule has 1 atom stereocenters. The van der Waals surface area contributed by atoms with E-state index < -0.39 is 0 Å². The predicted octanol–water partition coefficient (Wildman–Crippen LogP) is 2.31. The Morgan fingerprint density at radius 3 is 2.31 bits per heavy atom. The summed E-state index contributed by atoms with van der Waals surface area (Å²) in [4.78, 5) is 0. The van der Waals surface area contributed by atoms with Crippen LogP contribution in [0.4, 0.5) is 0 Å². The molecular weight excluding hydrogens is 198 g/mol. The highest BCUT2D eigenvalue weighted by atomic mass is 16.3. The Hall–Kier alpha value is -0.860. The van der Waals surface area contributed by atoms with Crippen LogP contribution in [-0.2, 0) is 5.41 Å². The van der Waals surface area contributed by atoms with E-state index in [0.717, 1.165) is 12.8 Å². The van der Waals surface area contributed by atoms with E-state index in [0.29, 0.717) is 12.5 Å². The van der Waals surface area contributed by atoms with Gasteiger partial charge in [-0.1, -0.05) is 44.2 Å². The van der Waals surface area contributed by atoms with Crippen LogP contribution in [0.3, 0.4) is 0 Å². The predicted molar refractivity (Wildman–Crippen MR) is 68.3 cm³/mol. The van der Waals surface area contributed by atoms with Crippen LogP contribution in [0.2, 0.25) is 0 Å². The Balaban J connectivity index is 3.01. The molecule has 0 aliphatic carbocycles. The second-order valence-corrected chi connectivity index (χ2v) is 4.92. The number of rotatable bonds is 6. The van der Waals surface area contributed by atoms with Crippen LogP contribution in [0, 0.1) is 5.92 Å². The smallest absolute Gasteiger partial charge is 0.0440 e. The number of nitrogens with two attached hydrogens (primary N) is 1. The SMILES string of the molecule is CC(C)CC(CN)(CCO)c1ccccc1. The van der Waals surface area contributed by atoms with Gasteiger partial charge in [-0.15, -0.1) is 0 Å². The van der Waals surface area contributed by atoms with Gasteiger partial charge in [0, 0.05) is 18.6 Å². The molecule has 90 valence electrons. The standard InChI is InChI=1S/C14H23NO/c1-12(2)10-14(11-15,8-9-16)13-6-4-3-5-7-13/h3-7,12,16H,8-11,15H2,1-2H3. The highest BCUT2D eigenvalue weighted by molar-refractivity contribution is 5.26. The minimum Gasteiger partial charge on any atom is -0.396 e. The lowest BCUT2D eigenvalue weighted by Crippen LogP contribution is -2.37. The summed E-state index contributed by atoms with van der Waals surface area (Å²) in [5.41, 5.74) is 7.15. The zero-order valence-electron chi connectivity index (χ0n) is 10.3. The van der Waals surface area contributed by atoms with Crippen LogP contribution in [0.25, 0.3) is 0 Å². The molecule has 1 unspecified atom stereocenters. The minimum atomic E-state index is -0.0653. The summed E-state index contributed by atoms with van der Waals surface area (Å²) in [7, 11) is 0. The lowest BCUT2D eigenvalue weighted by molar-refractivity contribution is 0.219. The topological polar surface area (TPSA) is 46.2 Å². The van der Waals surface area contributed by atoms with Gasteiger partial charge in [0.25, 0.3) is 0 Å². The fourth-order valence-corrected chi connectivity index (χ4v) is 2.45. The third kappa shape index (κ3) is 3.06. The molecule has 16 heavy (non-hydrogen) atoms. The average molecular weight is 221 g/mol. The molecule has 0 amide bonds. The van der Waals surface area contributed by atoms with Crippen molar-refractivity contribution in [3.05, 3.63) is 35.9 Å². The minimum absolute atomic E-state index is 0.0653. The summed E-state index contributed by atoms with van der Waals surface area (Å²) >= 11 is 0. The highest BCUT2D eigenvalue weighted by Crippen LogP contribution is 2.33. The van der Waals surface area contributed by atoms with Crippen molar-refractivity contribution in [1.29, 1.82) is 0 Å². The zero-order chi connectivity index (χ0) is 12.0. The molecule has 0 aromatic heterocycles. The van der Waals surface area contributed by atoms with Crippen molar-refractivity contribution in [2.24, 2.45) is 11.7 Å². The molecule has 2 heteroatoms. The molecule has 1 aromatic carbocycles. The molecule has 1 rings (SSSR count). The fraction of sp³-hybridized carbons (Fsp3) is 0.571. The maximum absolute atomic E-state index is 9.25. The van der Waals surface area contributed by atoms with Gasteiger partial charge in [-0.2, -0.15) is 0 Å². The monoisotopic (exact) mass is 221 g/mol. The fourth-order valence-electron chi connectivity index (χ4n) is 2.45. The van der Waals surface area contributed by atoms with E-state index in [9.17, 15) is 5.11 Å². The maximum atomic E-state index is 9.25. The first kappa shape index (κ1) is 13.2. The lowest BCUT2D eigenvalue weighted by atomic mass is 9.72. The van der Waals surface area contributed by atoms with E-state index in [4.69, 9.17) is 5.73 Å². The van der Waals surface area contributed by atoms with E-state index in [2.05, 4.69) is 26.0 Å². The molecule has 0 bridgehead atoms. The Kier molecular flexibility index (Phi) is 4.97. The van der Waals surface area contributed by atoms with Crippen molar-refractivity contribution in [2.45, 2.75) is 32.1 Å². The van der Waals surface area contributed by atoms with E-state index in [-0.39, 0.29) is 12.0 Å². The summed E-state index contributed by atoms with van der Waals surface area (Å²) in [6.07, 6.45) is 1.76. The molecule has 0 fully saturated rings. The van der Waals surface area contributed by atoms with Crippen LogP contribution in [0.5, 0.6) is 0 Å². The highest BCUT2D eigenvalue weighted by Gasteiger charge is 2.30. The molecule has 0 radical (unpaired) electrons. The van der Waals surface area contributed by atoms with E-state index in [1.807, 2.05) is 18.2 Å². The van der Waals surface area contributed by atoms with Crippen LogP contribution in [0.15, 0.2) is 30.3 Å². The van der Waals surface area contributed by atoms with E-state index in [1.54, 1.807) is 0 Å². The lowest BCUT2D eigenvalue weighted by Gasteiger charge is -2.34. The molecule has 0 spiro atoms. The average Bonchev–Trinajstić information content (AvgIpc) is 2.29. The summed E-state index contributed by atoms with van der Waals surface area (Å²) in [5, 5.41) is 9.25. The maximum Gasteiger partial charge on any atom is 0.0440 e. The van der Waals surface area contributed by atoms with E-state index in [1.165, 1.54) is 5.56 Å². The van der Waals surface area contributed by atoms with Crippen LogP contribution >= 0.6 is 0 Å². The number of hydrogen-bond acceptors (Lipinski definition) is 2. The first-order valence-corrected chi connectivity index (χ1v) is 6.01. The third-order valence-corrected chi connectivity index (χ3v) is 3.17. The zero-order valence-corrected chi connectivity index (χ0v) is 10.3. The first-order valence-electron chi connectivity index (χ1n) is 6.01. The molecular formula is C14H23NO. The van der Waals surface area contributed by atoms with Crippen LogP contribution < -0.4 is 5.73 Å². The first-order chi connectivity index (χ1) is 7.64. The van der Waals surface area contributed by atoms with Gasteiger partial charge in [-0.05, 0) is 24.3 Å². The Morgan fingerprint density at radius 1 is 1.25 bits per heavy atom. The van der Waals surface area contributed by atoms with Gasteiger partial charge in [0.05, 0.1) is 0 Å². The summed E-state index contributed by atoms with van der Waals surface area (Å²) in [6.45, 7) is 5.18. The summed E-state index contributed by atoms with van der Waals surface area (Å²) in [5.74, 6) is 0.579. The van der Waals surface area contributed by atoms with Crippen molar-refractivity contribution >= 4 is 0 Å². The quantitative estimate of drug-likeness (QED) is 0.774. The van der Waals surface area contributed by atoms with Crippen molar-refractivity contribution in [1.82, 2.24) is 0 Å². The second kappa shape index (κ2) is 6.02. The molecule has 2 nitrogen and oxygen atoms in total. The summed E-state index contributed by atoms with van der Waals surface area (Å²) < 4.78 is 0. The van der Waals surface area contributed by atoms with Crippen molar-refractivity contribution in [2.75, 3.05) is 13.2 Å². The van der Waals surface area contributed by atoms with Gasteiger partial charge in [0.1, 0.15) is 0 Å². The molecule has 0 saturated heterocycles. The van der Waals surface area contributed by atoms with Gasteiger partial charge in [0.2, 0.25) is 0 Å². The molecule has 0 heterocycles. The number of aliphatic hydroxyl groups is 1.